The molecule has 4 nitrogen and oxygen atoms in total. The van der Waals surface area contributed by atoms with E-state index in [0.29, 0.717) is 6.04 Å². The molecule has 1 rings (SSSR count). The lowest BCUT2D eigenvalue weighted by Gasteiger charge is -2.32. The van der Waals surface area contributed by atoms with E-state index in [1.807, 2.05) is 6.92 Å². The highest BCUT2D eigenvalue weighted by Crippen LogP contribution is 2.12. The van der Waals surface area contributed by atoms with Crippen LogP contribution < -0.4 is 10.6 Å². The summed E-state index contributed by atoms with van der Waals surface area (Å²) in [5.74, 6) is 0.171. The van der Waals surface area contributed by atoms with Crippen molar-refractivity contribution in [1.82, 2.24) is 15.5 Å². The van der Waals surface area contributed by atoms with Crippen LogP contribution in [-0.2, 0) is 4.79 Å². The van der Waals surface area contributed by atoms with E-state index >= 15 is 0 Å². The predicted octanol–water partition coefficient (Wildman–Crippen LogP) is 1.36. The quantitative estimate of drug-likeness (QED) is 0.722. The number of nitrogens with zero attached hydrogens (tertiary/aromatic N) is 1. The van der Waals surface area contributed by atoms with Gasteiger partial charge in [0.2, 0.25) is 5.91 Å². The first-order valence-corrected chi connectivity index (χ1v) is 7.36. The first-order valence-electron chi connectivity index (χ1n) is 7.36. The third-order valence-electron chi connectivity index (χ3n) is 3.86. The first-order chi connectivity index (χ1) is 8.60. The monoisotopic (exact) mass is 255 g/mol. The van der Waals surface area contributed by atoms with E-state index in [2.05, 4.69) is 36.3 Å². The fourth-order valence-corrected chi connectivity index (χ4v) is 2.79. The Balaban J connectivity index is 2.48. The molecule has 1 fully saturated rings. The van der Waals surface area contributed by atoms with Crippen molar-refractivity contribution in [3.05, 3.63) is 0 Å². The van der Waals surface area contributed by atoms with E-state index in [1.54, 1.807) is 0 Å². The van der Waals surface area contributed by atoms with Crippen molar-refractivity contribution in [2.45, 2.75) is 65.1 Å². The van der Waals surface area contributed by atoms with Crippen molar-refractivity contribution in [2.24, 2.45) is 0 Å². The average molecular weight is 255 g/mol. The maximum Gasteiger partial charge on any atom is 0.237 e. The second kappa shape index (κ2) is 7.74. The molecule has 1 aliphatic rings. The van der Waals surface area contributed by atoms with Gasteiger partial charge in [-0.05, 0) is 39.8 Å². The normalized spacial score (nSPS) is 23.1. The summed E-state index contributed by atoms with van der Waals surface area (Å²) in [5, 5.41) is 6.49. The molecule has 0 radical (unpaired) electrons. The van der Waals surface area contributed by atoms with Crippen LogP contribution in [0.3, 0.4) is 0 Å². The Morgan fingerprint density at radius 3 is 2.67 bits per heavy atom. The van der Waals surface area contributed by atoms with Crippen LogP contribution in [0.15, 0.2) is 0 Å². The van der Waals surface area contributed by atoms with Crippen LogP contribution in [0.25, 0.3) is 0 Å². The fraction of sp³-hybridized carbons (Fsp3) is 0.929. The predicted molar refractivity (Wildman–Crippen MR) is 75.6 cm³/mol. The molecule has 1 saturated heterocycles. The van der Waals surface area contributed by atoms with Crippen molar-refractivity contribution in [3.8, 4) is 0 Å². The zero-order chi connectivity index (χ0) is 13.5. The molecule has 3 atom stereocenters. The van der Waals surface area contributed by atoms with E-state index in [4.69, 9.17) is 0 Å². The Labute approximate surface area is 111 Å². The Bertz CT molecular complexity index is 251. The molecular weight excluding hydrogens is 226 g/mol. The largest absolute Gasteiger partial charge is 0.352 e. The first kappa shape index (κ1) is 15.4. The molecule has 4 heteroatoms. The van der Waals surface area contributed by atoms with E-state index in [9.17, 15) is 4.79 Å². The Morgan fingerprint density at radius 1 is 1.44 bits per heavy atom. The summed E-state index contributed by atoms with van der Waals surface area (Å²) in [6, 6.07) is 0.766. The van der Waals surface area contributed by atoms with Gasteiger partial charge < -0.3 is 10.6 Å². The van der Waals surface area contributed by atoms with Gasteiger partial charge in [0, 0.05) is 18.6 Å². The molecular formula is C14H29N3O. The van der Waals surface area contributed by atoms with Crippen molar-refractivity contribution in [3.63, 3.8) is 0 Å². The van der Waals surface area contributed by atoms with Gasteiger partial charge in [-0.25, -0.2) is 0 Å². The smallest absolute Gasteiger partial charge is 0.237 e. The molecule has 0 spiro atoms. The van der Waals surface area contributed by atoms with Gasteiger partial charge >= 0.3 is 0 Å². The summed E-state index contributed by atoms with van der Waals surface area (Å²) in [5.41, 5.74) is 0. The molecule has 0 aliphatic carbocycles. The standard InChI is InChI=1S/C14H29N3O/c1-5-7-11(3)16-14(18)12(4)17(6-2)13-8-9-15-10-13/h11-13,15H,5-10H2,1-4H3,(H,16,18). The van der Waals surface area contributed by atoms with E-state index in [-0.39, 0.29) is 18.0 Å². The lowest BCUT2D eigenvalue weighted by Crippen LogP contribution is -2.51. The summed E-state index contributed by atoms with van der Waals surface area (Å²) < 4.78 is 0. The maximum atomic E-state index is 12.2. The molecule has 106 valence electrons. The van der Waals surface area contributed by atoms with Crippen LogP contribution in [0, 0.1) is 0 Å². The topological polar surface area (TPSA) is 44.4 Å². The van der Waals surface area contributed by atoms with Gasteiger partial charge in [-0.3, -0.25) is 9.69 Å². The number of carbonyl (C=O) groups is 1. The molecule has 0 aromatic heterocycles. The molecule has 1 amide bonds. The van der Waals surface area contributed by atoms with E-state index in [1.165, 1.54) is 0 Å². The van der Waals surface area contributed by atoms with Crippen LogP contribution in [0.4, 0.5) is 0 Å². The summed E-state index contributed by atoms with van der Waals surface area (Å²) in [6.45, 7) is 11.4. The second-order valence-corrected chi connectivity index (χ2v) is 5.35. The van der Waals surface area contributed by atoms with E-state index in [0.717, 1.165) is 38.9 Å². The minimum absolute atomic E-state index is 0.0285. The van der Waals surface area contributed by atoms with Crippen LogP contribution >= 0.6 is 0 Å². The van der Waals surface area contributed by atoms with Gasteiger partial charge in [-0.2, -0.15) is 0 Å². The number of likely N-dealkylation sites (N-methyl/N-ethyl adjacent to an activating group) is 1. The number of nitrogens with one attached hydrogen (secondary N) is 2. The SMILES string of the molecule is CCCC(C)NC(=O)C(C)N(CC)C1CCNC1. The highest BCUT2D eigenvalue weighted by atomic mass is 16.2. The molecule has 1 heterocycles. The molecule has 2 N–H and O–H groups in total. The lowest BCUT2D eigenvalue weighted by atomic mass is 10.1. The van der Waals surface area contributed by atoms with Crippen molar-refractivity contribution >= 4 is 5.91 Å². The molecule has 0 saturated carbocycles. The van der Waals surface area contributed by atoms with Crippen molar-refractivity contribution in [1.29, 1.82) is 0 Å². The molecule has 0 bridgehead atoms. The van der Waals surface area contributed by atoms with Crippen LogP contribution in [0.5, 0.6) is 0 Å². The second-order valence-electron chi connectivity index (χ2n) is 5.35. The molecule has 1 aliphatic heterocycles. The van der Waals surface area contributed by atoms with Crippen LogP contribution in [0.2, 0.25) is 0 Å². The minimum Gasteiger partial charge on any atom is -0.352 e. The number of carbonyl (C=O) groups excluding carboxylic acids is 1. The molecule has 18 heavy (non-hydrogen) atoms. The van der Waals surface area contributed by atoms with Gasteiger partial charge in [0.15, 0.2) is 0 Å². The number of hydrogen-bond donors (Lipinski definition) is 2. The number of amides is 1. The summed E-state index contributed by atoms with van der Waals surface area (Å²) in [4.78, 5) is 14.5. The third kappa shape index (κ3) is 4.25. The van der Waals surface area contributed by atoms with Crippen LogP contribution in [-0.4, -0.2) is 48.6 Å². The van der Waals surface area contributed by atoms with Gasteiger partial charge in [-0.15, -0.1) is 0 Å². The van der Waals surface area contributed by atoms with Gasteiger partial charge in [0.25, 0.3) is 0 Å². The van der Waals surface area contributed by atoms with E-state index < -0.39 is 0 Å². The fourth-order valence-electron chi connectivity index (χ4n) is 2.79. The van der Waals surface area contributed by atoms with Gasteiger partial charge in [-0.1, -0.05) is 20.3 Å². The lowest BCUT2D eigenvalue weighted by molar-refractivity contribution is -0.127. The third-order valence-corrected chi connectivity index (χ3v) is 3.86. The molecule has 0 aromatic rings. The highest BCUT2D eigenvalue weighted by Gasteiger charge is 2.29. The zero-order valence-electron chi connectivity index (χ0n) is 12.3. The summed E-state index contributed by atoms with van der Waals surface area (Å²) >= 11 is 0. The summed E-state index contributed by atoms with van der Waals surface area (Å²) in [7, 11) is 0. The maximum absolute atomic E-state index is 12.2. The van der Waals surface area contributed by atoms with Crippen molar-refractivity contribution < 1.29 is 4.79 Å². The highest BCUT2D eigenvalue weighted by molar-refractivity contribution is 5.81. The Morgan fingerprint density at radius 2 is 2.17 bits per heavy atom. The zero-order valence-corrected chi connectivity index (χ0v) is 12.3. The van der Waals surface area contributed by atoms with Gasteiger partial charge in [0.05, 0.1) is 6.04 Å². The average Bonchev–Trinajstić information content (AvgIpc) is 2.83. The van der Waals surface area contributed by atoms with Crippen LogP contribution in [0.1, 0.15) is 47.0 Å². The minimum atomic E-state index is -0.0285. The van der Waals surface area contributed by atoms with Crippen molar-refractivity contribution in [2.75, 3.05) is 19.6 Å². The Kier molecular flexibility index (Phi) is 6.65. The summed E-state index contributed by atoms with van der Waals surface area (Å²) in [6.07, 6.45) is 3.31. The number of rotatable bonds is 7. The Hall–Kier alpha value is -0.610. The van der Waals surface area contributed by atoms with Gasteiger partial charge in [0.1, 0.15) is 0 Å². The molecule has 0 aromatic carbocycles. The number of hydrogen-bond acceptors (Lipinski definition) is 3. The molecule has 3 unspecified atom stereocenters.